The Morgan fingerprint density at radius 2 is 1.62 bits per heavy atom. The highest BCUT2D eigenvalue weighted by molar-refractivity contribution is 6.13. The first kappa shape index (κ1) is 10.7. The molecule has 0 aliphatic heterocycles. The zero-order valence-corrected chi connectivity index (χ0v) is 8.50. The molecule has 0 unspecified atom stereocenters. The van der Waals surface area contributed by atoms with Crippen molar-refractivity contribution in [3.63, 3.8) is 0 Å². The second kappa shape index (κ2) is 4.83. The molecule has 2 aliphatic rings. The van der Waals surface area contributed by atoms with Crippen LogP contribution in [0.3, 0.4) is 0 Å². The average Bonchev–Trinajstić information content (AvgIpc) is 2.98. The van der Waals surface area contributed by atoms with Crippen molar-refractivity contribution in [2.75, 3.05) is 0 Å². The molecule has 0 saturated carbocycles. The molecule has 1 radical (unpaired) electrons. The maximum absolute atomic E-state index is 7.00. The molecule has 2 aliphatic carbocycles. The maximum Gasteiger partial charge on any atom is 0.482 e. The lowest BCUT2D eigenvalue weighted by atomic mass is 10.3. The standard InChI is InChI=1S/C12H8O.BH2O2/c1-2-4-10(5-3-1)13-12-7-6-9-8-11(9)12;2-1-3/h1-8H;2-3H. The van der Waals surface area contributed by atoms with Crippen LogP contribution in [0.1, 0.15) is 0 Å². The second-order valence-electron chi connectivity index (χ2n) is 3.24. The normalized spacial score (nSPS) is 9.88. The van der Waals surface area contributed by atoms with Gasteiger partial charge >= 0.3 is 7.69 Å². The molecule has 4 heteroatoms. The minimum absolute atomic E-state index is 0. The molecule has 0 fully saturated rings. The molecule has 1 aromatic rings. The predicted octanol–water partition coefficient (Wildman–Crippen LogP) is 1.96. The third kappa shape index (κ3) is 2.42. The number of para-hydroxylation sites is 1. The molecule has 0 bridgehead atoms. The largest absolute Gasteiger partial charge is 0.482 e. The van der Waals surface area contributed by atoms with E-state index in [0.29, 0.717) is 0 Å². The van der Waals surface area contributed by atoms with Gasteiger partial charge in [0.1, 0.15) is 11.5 Å². The predicted molar refractivity (Wildman–Crippen MR) is 62.1 cm³/mol. The average molecular weight is 213 g/mol. The fraction of sp³-hybridized carbons (Fsp3) is 0. The quantitative estimate of drug-likeness (QED) is 0.639. The van der Waals surface area contributed by atoms with Crippen molar-refractivity contribution in [3.8, 4) is 22.6 Å². The van der Waals surface area contributed by atoms with Crippen LogP contribution in [0.25, 0.3) is 11.1 Å². The van der Waals surface area contributed by atoms with Gasteiger partial charge in [0.15, 0.2) is 0 Å². The zero-order valence-electron chi connectivity index (χ0n) is 8.50. The molecule has 0 saturated heterocycles. The maximum atomic E-state index is 7.00. The van der Waals surface area contributed by atoms with E-state index >= 15 is 0 Å². The number of rotatable bonds is 2. The van der Waals surface area contributed by atoms with Gasteiger partial charge in [-0.15, -0.1) is 0 Å². The first-order chi connectivity index (χ1) is 7.85. The van der Waals surface area contributed by atoms with Crippen molar-refractivity contribution in [1.82, 2.24) is 0 Å². The van der Waals surface area contributed by atoms with Crippen molar-refractivity contribution in [1.29, 1.82) is 0 Å². The molecule has 0 atom stereocenters. The second-order valence-corrected chi connectivity index (χ2v) is 3.24. The molecular weight excluding hydrogens is 203 g/mol. The molecule has 2 N–H and O–H groups in total. The van der Waals surface area contributed by atoms with Crippen LogP contribution < -0.4 is 4.74 Å². The fourth-order valence-electron chi connectivity index (χ4n) is 1.43. The van der Waals surface area contributed by atoms with Gasteiger partial charge in [0.05, 0.1) is 0 Å². The van der Waals surface area contributed by atoms with Crippen molar-refractivity contribution in [2.24, 2.45) is 0 Å². The Kier molecular flexibility index (Phi) is 3.24. The molecule has 0 spiro atoms. The number of hydrogen-bond acceptors (Lipinski definition) is 3. The fourth-order valence-corrected chi connectivity index (χ4v) is 1.43. The van der Waals surface area contributed by atoms with E-state index in [2.05, 4.69) is 12.1 Å². The monoisotopic (exact) mass is 213 g/mol. The van der Waals surface area contributed by atoms with E-state index in [4.69, 9.17) is 14.8 Å². The summed E-state index contributed by atoms with van der Waals surface area (Å²) in [6.45, 7) is 0. The molecule has 0 heterocycles. The van der Waals surface area contributed by atoms with E-state index in [1.54, 1.807) is 0 Å². The third-order valence-corrected chi connectivity index (χ3v) is 2.18. The number of hydrogen-bond donors (Lipinski definition) is 2. The number of ether oxygens (including phenoxy) is 1. The lowest BCUT2D eigenvalue weighted by Gasteiger charge is -2.01. The summed E-state index contributed by atoms with van der Waals surface area (Å²) < 4.78 is 5.67. The Morgan fingerprint density at radius 3 is 2.12 bits per heavy atom. The van der Waals surface area contributed by atoms with Crippen LogP contribution in [0.5, 0.6) is 11.5 Å². The van der Waals surface area contributed by atoms with Crippen LogP contribution in [-0.2, 0) is 0 Å². The van der Waals surface area contributed by atoms with Crippen LogP contribution in [0.4, 0.5) is 0 Å². The zero-order chi connectivity index (χ0) is 11.4. The molecule has 1 aromatic carbocycles. The molecule has 0 amide bonds. The van der Waals surface area contributed by atoms with Crippen molar-refractivity contribution in [3.05, 3.63) is 48.5 Å². The van der Waals surface area contributed by atoms with E-state index in [1.807, 2.05) is 36.4 Å². The van der Waals surface area contributed by atoms with Crippen LogP contribution in [0.15, 0.2) is 48.5 Å². The topological polar surface area (TPSA) is 49.7 Å². The van der Waals surface area contributed by atoms with Crippen molar-refractivity contribution >= 4 is 7.69 Å². The van der Waals surface area contributed by atoms with Gasteiger partial charge < -0.3 is 14.8 Å². The summed E-state index contributed by atoms with van der Waals surface area (Å²) in [5.41, 5.74) is 2.56. The third-order valence-electron chi connectivity index (χ3n) is 2.18. The Morgan fingerprint density at radius 1 is 0.938 bits per heavy atom. The summed E-state index contributed by atoms with van der Waals surface area (Å²) >= 11 is 0. The summed E-state index contributed by atoms with van der Waals surface area (Å²) in [6, 6.07) is 16.1. The molecule has 16 heavy (non-hydrogen) atoms. The molecule has 0 aromatic heterocycles. The Balaban J connectivity index is 0.000000292. The van der Waals surface area contributed by atoms with Crippen molar-refractivity contribution < 1.29 is 14.8 Å². The van der Waals surface area contributed by atoms with Crippen LogP contribution >= 0.6 is 0 Å². The first-order valence-electron chi connectivity index (χ1n) is 4.82. The van der Waals surface area contributed by atoms with Crippen LogP contribution in [-0.4, -0.2) is 17.7 Å². The number of fused-ring (bicyclic) bond motifs is 1. The van der Waals surface area contributed by atoms with E-state index in [9.17, 15) is 0 Å². The van der Waals surface area contributed by atoms with Gasteiger partial charge in [-0.05, 0) is 29.8 Å². The van der Waals surface area contributed by atoms with Crippen LogP contribution in [0.2, 0.25) is 0 Å². The van der Waals surface area contributed by atoms with E-state index in [-0.39, 0.29) is 7.69 Å². The lowest BCUT2D eigenvalue weighted by molar-refractivity contribution is 0.448. The summed E-state index contributed by atoms with van der Waals surface area (Å²) in [5.74, 6) is 1.87. The highest BCUT2D eigenvalue weighted by Gasteiger charge is 2.18. The molecular formula is C12H10BO3. The molecule has 3 nitrogen and oxygen atoms in total. The van der Waals surface area contributed by atoms with Gasteiger partial charge in [-0.3, -0.25) is 0 Å². The van der Waals surface area contributed by atoms with E-state index < -0.39 is 0 Å². The van der Waals surface area contributed by atoms with Crippen molar-refractivity contribution in [2.45, 2.75) is 0 Å². The van der Waals surface area contributed by atoms with Crippen LogP contribution in [0, 0.1) is 0 Å². The highest BCUT2D eigenvalue weighted by Crippen LogP contribution is 2.45. The SMILES string of the molecule is O[B]O.c1ccc(Oc2ccc3cc2-3)cc1. The Hall–Kier alpha value is -1.78. The van der Waals surface area contributed by atoms with Gasteiger partial charge in [0, 0.05) is 5.56 Å². The highest BCUT2D eigenvalue weighted by atomic mass is 16.5. The number of benzene rings is 2. The Labute approximate surface area is 94.2 Å². The van der Waals surface area contributed by atoms with Gasteiger partial charge in [0.2, 0.25) is 0 Å². The summed E-state index contributed by atoms with van der Waals surface area (Å²) in [5, 5.41) is 14.0. The van der Waals surface area contributed by atoms with E-state index in [1.165, 1.54) is 11.1 Å². The lowest BCUT2D eigenvalue weighted by Crippen LogP contribution is -1.79. The minimum atomic E-state index is 0. The van der Waals surface area contributed by atoms with Gasteiger partial charge in [0.25, 0.3) is 0 Å². The van der Waals surface area contributed by atoms with Gasteiger partial charge in [-0.1, -0.05) is 24.3 Å². The van der Waals surface area contributed by atoms with Gasteiger partial charge in [-0.2, -0.15) is 0 Å². The van der Waals surface area contributed by atoms with E-state index in [0.717, 1.165) is 11.5 Å². The molecule has 3 rings (SSSR count). The van der Waals surface area contributed by atoms with Gasteiger partial charge in [-0.25, -0.2) is 0 Å². The summed E-state index contributed by atoms with van der Waals surface area (Å²) in [6.07, 6.45) is 0. The summed E-state index contributed by atoms with van der Waals surface area (Å²) in [7, 11) is 0. The minimum Gasteiger partial charge on any atom is -0.457 e. The Bertz CT molecular complexity index is 471. The summed E-state index contributed by atoms with van der Waals surface area (Å²) in [4.78, 5) is 0. The first-order valence-corrected chi connectivity index (χ1v) is 4.82. The smallest absolute Gasteiger partial charge is 0.457 e. The molecule has 79 valence electrons.